The Labute approximate surface area is 247 Å². The van der Waals surface area contributed by atoms with Crippen molar-refractivity contribution in [2.24, 2.45) is 11.7 Å². The van der Waals surface area contributed by atoms with Gasteiger partial charge in [0.15, 0.2) is 0 Å². The van der Waals surface area contributed by atoms with Crippen LogP contribution >= 0.6 is 0 Å². The van der Waals surface area contributed by atoms with Gasteiger partial charge in [-0.3, -0.25) is 9.48 Å². The van der Waals surface area contributed by atoms with Crippen molar-refractivity contribution in [3.63, 3.8) is 0 Å². The smallest absolute Gasteiger partial charge is 0.248 e. The average Bonchev–Trinajstić information content (AvgIpc) is 3.52. The molecule has 3 aromatic carbocycles. The lowest BCUT2D eigenvalue weighted by molar-refractivity contribution is 0.0999. The molecule has 220 valence electrons. The molecule has 42 heavy (non-hydrogen) atoms. The van der Waals surface area contributed by atoms with Crippen LogP contribution in [0.25, 0.3) is 27.8 Å². The monoisotopic (exact) mass is 567 g/mol. The van der Waals surface area contributed by atoms with Crippen molar-refractivity contribution in [2.45, 2.75) is 60.6 Å². The fourth-order valence-electron chi connectivity index (χ4n) is 5.20. The van der Waals surface area contributed by atoms with E-state index in [4.69, 9.17) is 20.7 Å². The maximum absolute atomic E-state index is 11.9. The molecular weight excluding hydrogens is 526 g/mol. The normalized spacial score (nSPS) is 12.1. The molecule has 1 amide bonds. The SMILES string of the molecule is C.Cc1c(C(C)C)c(-c2cccc3nn(CC(O)c4ccccc4)cc23)nn1-c1ccc(C(N)=O)cc1OCC(C)C. The molecule has 1 unspecified atom stereocenters. The number of ether oxygens (including phenoxy) is 1. The zero-order chi connectivity index (χ0) is 29.3. The molecule has 0 radical (unpaired) electrons. The summed E-state index contributed by atoms with van der Waals surface area (Å²) >= 11 is 0. The third kappa shape index (κ3) is 6.09. The summed E-state index contributed by atoms with van der Waals surface area (Å²) in [6, 6.07) is 20.9. The van der Waals surface area contributed by atoms with Crippen molar-refractivity contribution in [1.82, 2.24) is 19.6 Å². The van der Waals surface area contributed by atoms with Crippen LogP contribution in [0, 0.1) is 12.8 Å². The Hall–Kier alpha value is -4.43. The van der Waals surface area contributed by atoms with Crippen LogP contribution in [0.3, 0.4) is 0 Å². The molecule has 0 bridgehead atoms. The van der Waals surface area contributed by atoms with Crippen LogP contribution in [-0.4, -0.2) is 37.2 Å². The molecule has 0 aliphatic heterocycles. The number of primary amides is 1. The number of carbonyl (C=O) groups excluding carboxylic acids is 1. The molecule has 5 aromatic rings. The third-order valence-corrected chi connectivity index (χ3v) is 7.18. The first kappa shape index (κ1) is 30.5. The Morgan fingerprint density at radius 3 is 2.40 bits per heavy atom. The van der Waals surface area contributed by atoms with E-state index >= 15 is 0 Å². The number of aliphatic hydroxyl groups is 1. The van der Waals surface area contributed by atoms with Crippen molar-refractivity contribution in [2.75, 3.05) is 6.61 Å². The maximum Gasteiger partial charge on any atom is 0.248 e. The van der Waals surface area contributed by atoms with Gasteiger partial charge in [-0.25, -0.2) is 4.68 Å². The van der Waals surface area contributed by atoms with Gasteiger partial charge in [0.1, 0.15) is 11.4 Å². The second-order valence-electron chi connectivity index (χ2n) is 11.2. The molecule has 2 aromatic heterocycles. The summed E-state index contributed by atoms with van der Waals surface area (Å²) in [5.41, 5.74) is 12.3. The van der Waals surface area contributed by atoms with Gasteiger partial charge in [0.25, 0.3) is 0 Å². The molecular formula is C34H41N5O3. The summed E-state index contributed by atoms with van der Waals surface area (Å²) in [5, 5.41) is 21.7. The molecule has 0 saturated carbocycles. The van der Waals surface area contributed by atoms with E-state index in [1.54, 1.807) is 16.8 Å². The maximum atomic E-state index is 11.9. The Kier molecular flexibility index (Phi) is 9.17. The van der Waals surface area contributed by atoms with Crippen LogP contribution in [-0.2, 0) is 6.54 Å². The second kappa shape index (κ2) is 12.6. The topological polar surface area (TPSA) is 108 Å². The fourth-order valence-corrected chi connectivity index (χ4v) is 5.20. The van der Waals surface area contributed by atoms with Gasteiger partial charge in [0.2, 0.25) is 5.91 Å². The molecule has 3 N–H and O–H groups in total. The standard InChI is InChI=1S/C33H37N5O3.CH4/c1-20(2)19-41-30-16-24(33(34)40)14-15-28(30)38-22(5)31(21(3)4)32(36-38)25-12-9-13-27-26(25)17-37(35-27)18-29(39)23-10-7-6-8-11-23;/h6-17,20-21,29,39H,18-19H2,1-5H3,(H2,34,40);1H4. The van der Waals surface area contributed by atoms with Crippen LogP contribution in [0.5, 0.6) is 5.75 Å². The third-order valence-electron chi connectivity index (χ3n) is 7.18. The van der Waals surface area contributed by atoms with Gasteiger partial charge in [0, 0.05) is 34.0 Å². The molecule has 8 heteroatoms. The van der Waals surface area contributed by atoms with E-state index in [-0.39, 0.29) is 13.3 Å². The van der Waals surface area contributed by atoms with Gasteiger partial charge >= 0.3 is 0 Å². The first-order valence-electron chi connectivity index (χ1n) is 14.0. The molecule has 8 nitrogen and oxygen atoms in total. The largest absolute Gasteiger partial charge is 0.491 e. The highest BCUT2D eigenvalue weighted by Crippen LogP contribution is 2.38. The molecule has 0 spiro atoms. The summed E-state index contributed by atoms with van der Waals surface area (Å²) < 4.78 is 9.85. The minimum atomic E-state index is -0.672. The molecule has 1 atom stereocenters. The number of fused-ring (bicyclic) bond motifs is 1. The predicted octanol–water partition coefficient (Wildman–Crippen LogP) is 6.82. The highest BCUT2D eigenvalue weighted by molar-refractivity contribution is 5.95. The Balaban J connectivity index is 0.00000405. The predicted molar refractivity (Wildman–Crippen MR) is 168 cm³/mol. The van der Waals surface area contributed by atoms with Crippen molar-refractivity contribution in [3.05, 3.63) is 95.3 Å². The van der Waals surface area contributed by atoms with Crippen LogP contribution in [0.2, 0.25) is 0 Å². The molecule has 0 aliphatic carbocycles. The summed E-state index contributed by atoms with van der Waals surface area (Å²) in [4.78, 5) is 11.9. The van der Waals surface area contributed by atoms with E-state index in [2.05, 4.69) is 40.7 Å². The Bertz CT molecular complexity index is 1680. The zero-order valence-electron chi connectivity index (χ0n) is 24.2. The molecule has 0 fully saturated rings. The number of aromatic nitrogens is 4. The quantitative estimate of drug-likeness (QED) is 0.192. The van der Waals surface area contributed by atoms with Crippen LogP contribution in [0.4, 0.5) is 0 Å². The minimum Gasteiger partial charge on any atom is -0.491 e. The first-order valence-corrected chi connectivity index (χ1v) is 14.0. The number of amides is 1. The highest BCUT2D eigenvalue weighted by Gasteiger charge is 2.24. The van der Waals surface area contributed by atoms with Gasteiger partial charge in [0.05, 0.1) is 30.5 Å². The van der Waals surface area contributed by atoms with Crippen molar-refractivity contribution in [3.8, 4) is 22.7 Å². The summed E-state index contributed by atoms with van der Waals surface area (Å²) in [7, 11) is 0. The van der Waals surface area contributed by atoms with Crippen molar-refractivity contribution >= 4 is 16.8 Å². The summed E-state index contributed by atoms with van der Waals surface area (Å²) in [6.07, 6.45) is 1.31. The second-order valence-corrected chi connectivity index (χ2v) is 11.2. The average molecular weight is 568 g/mol. The van der Waals surface area contributed by atoms with Crippen molar-refractivity contribution in [1.29, 1.82) is 0 Å². The number of benzene rings is 3. The van der Waals surface area contributed by atoms with E-state index in [1.165, 1.54) is 0 Å². The lowest BCUT2D eigenvalue weighted by atomic mass is 9.95. The van der Waals surface area contributed by atoms with Gasteiger partial charge < -0.3 is 15.6 Å². The molecule has 2 heterocycles. The number of nitrogens with two attached hydrogens (primary N) is 1. The Morgan fingerprint density at radius 2 is 1.74 bits per heavy atom. The van der Waals surface area contributed by atoms with Crippen LogP contribution in [0.1, 0.15) is 74.3 Å². The lowest BCUT2D eigenvalue weighted by Crippen LogP contribution is -2.13. The summed E-state index contributed by atoms with van der Waals surface area (Å²) in [5.74, 6) is 0.542. The van der Waals surface area contributed by atoms with Crippen LogP contribution in [0.15, 0.2) is 72.9 Å². The molecule has 0 saturated heterocycles. The number of nitrogens with zero attached hydrogens (tertiary/aromatic N) is 4. The molecule has 5 rings (SSSR count). The van der Waals surface area contributed by atoms with E-state index in [9.17, 15) is 9.90 Å². The van der Waals surface area contributed by atoms with E-state index in [1.807, 2.05) is 59.4 Å². The number of aliphatic hydroxyl groups excluding tert-OH is 1. The molecule has 0 aliphatic rings. The van der Waals surface area contributed by atoms with Gasteiger partial charge in [-0.15, -0.1) is 0 Å². The van der Waals surface area contributed by atoms with Crippen LogP contribution < -0.4 is 10.5 Å². The summed E-state index contributed by atoms with van der Waals surface area (Å²) in [6.45, 7) is 11.3. The number of hydrogen-bond acceptors (Lipinski definition) is 5. The zero-order valence-corrected chi connectivity index (χ0v) is 24.2. The lowest BCUT2D eigenvalue weighted by Gasteiger charge is -2.15. The first-order chi connectivity index (χ1) is 19.6. The van der Waals surface area contributed by atoms with E-state index < -0.39 is 12.0 Å². The number of rotatable bonds is 10. The van der Waals surface area contributed by atoms with Gasteiger partial charge in [-0.1, -0.05) is 77.6 Å². The van der Waals surface area contributed by atoms with Gasteiger partial charge in [-0.05, 0) is 48.6 Å². The highest BCUT2D eigenvalue weighted by atomic mass is 16.5. The number of carbonyl (C=O) groups is 1. The van der Waals surface area contributed by atoms with Gasteiger partial charge in [-0.2, -0.15) is 10.2 Å². The van der Waals surface area contributed by atoms with Crippen molar-refractivity contribution < 1.29 is 14.6 Å². The fraction of sp³-hybridized carbons (Fsp3) is 0.324. The Morgan fingerprint density at radius 1 is 1.00 bits per heavy atom. The minimum absolute atomic E-state index is 0. The van der Waals surface area contributed by atoms with E-state index in [0.717, 1.165) is 44.7 Å². The van der Waals surface area contributed by atoms with E-state index in [0.29, 0.717) is 30.4 Å². The number of hydrogen-bond donors (Lipinski definition) is 2.